The Bertz CT molecular complexity index is 354. The first kappa shape index (κ1) is 25.9. The van der Waals surface area contributed by atoms with E-state index in [0.29, 0.717) is 12.8 Å². The van der Waals surface area contributed by atoms with Crippen LogP contribution < -0.4 is 0 Å². The van der Waals surface area contributed by atoms with Crippen LogP contribution in [0.1, 0.15) is 123 Å². The molecule has 0 radical (unpaired) electrons. The molecule has 4 heteroatoms. The molecule has 0 aromatic heterocycles. The van der Waals surface area contributed by atoms with Crippen LogP contribution >= 0.6 is 0 Å². The summed E-state index contributed by atoms with van der Waals surface area (Å²) in [6, 6.07) is 0. The Morgan fingerprint density at radius 3 is 1.59 bits per heavy atom. The largest absolute Gasteiger partial charge is 0.466 e. The van der Waals surface area contributed by atoms with E-state index in [0.717, 1.165) is 25.7 Å². The number of rotatable bonds is 19. The predicted molar refractivity (Wildman–Crippen MR) is 112 cm³/mol. The highest BCUT2D eigenvalue weighted by molar-refractivity contribution is 5.79. The monoisotopic (exact) mass is 384 g/mol. The quantitative estimate of drug-likeness (QED) is 0.183. The summed E-state index contributed by atoms with van der Waals surface area (Å²) in [5, 5.41) is 0. The van der Waals surface area contributed by atoms with E-state index in [2.05, 4.69) is 13.8 Å². The summed E-state index contributed by atoms with van der Waals surface area (Å²) in [4.78, 5) is 23.9. The standard InChI is InChI=1S/C23H44O4/c1-4-6-8-10-12-14-15-17-19-21(23(25)26-3)27-22(24)20-18-16-13-11-9-7-5-2/h21H,4-20H2,1-3H3. The molecular weight excluding hydrogens is 340 g/mol. The molecule has 1 atom stereocenters. The minimum Gasteiger partial charge on any atom is -0.466 e. The molecule has 0 fully saturated rings. The van der Waals surface area contributed by atoms with Crippen LogP contribution in [0.5, 0.6) is 0 Å². The van der Waals surface area contributed by atoms with Crippen molar-refractivity contribution in [3.63, 3.8) is 0 Å². The molecule has 0 aromatic rings. The molecule has 0 aliphatic carbocycles. The van der Waals surface area contributed by atoms with Crippen LogP contribution in [0.4, 0.5) is 0 Å². The molecule has 0 bridgehead atoms. The van der Waals surface area contributed by atoms with E-state index in [-0.39, 0.29) is 5.97 Å². The molecule has 160 valence electrons. The molecule has 0 aliphatic heterocycles. The first-order chi connectivity index (χ1) is 13.2. The zero-order valence-electron chi connectivity index (χ0n) is 18.2. The lowest BCUT2D eigenvalue weighted by atomic mass is 10.1. The molecule has 27 heavy (non-hydrogen) atoms. The summed E-state index contributed by atoms with van der Waals surface area (Å²) in [6.07, 6.45) is 18.0. The molecule has 0 N–H and O–H groups in total. The first-order valence-corrected chi connectivity index (χ1v) is 11.4. The van der Waals surface area contributed by atoms with Gasteiger partial charge in [0.15, 0.2) is 6.10 Å². The lowest BCUT2D eigenvalue weighted by Gasteiger charge is -2.15. The molecule has 0 spiro atoms. The van der Waals surface area contributed by atoms with Crippen LogP contribution in [0.25, 0.3) is 0 Å². The van der Waals surface area contributed by atoms with E-state index < -0.39 is 12.1 Å². The van der Waals surface area contributed by atoms with Crippen LogP contribution in [0.2, 0.25) is 0 Å². The van der Waals surface area contributed by atoms with Crippen molar-refractivity contribution in [3.05, 3.63) is 0 Å². The molecule has 0 saturated heterocycles. The topological polar surface area (TPSA) is 52.6 Å². The van der Waals surface area contributed by atoms with Crippen molar-refractivity contribution in [2.75, 3.05) is 7.11 Å². The van der Waals surface area contributed by atoms with E-state index in [1.54, 1.807) is 0 Å². The summed E-state index contributed by atoms with van der Waals surface area (Å²) < 4.78 is 10.2. The van der Waals surface area contributed by atoms with Gasteiger partial charge in [0.1, 0.15) is 0 Å². The Morgan fingerprint density at radius 1 is 0.667 bits per heavy atom. The van der Waals surface area contributed by atoms with Gasteiger partial charge >= 0.3 is 11.9 Å². The summed E-state index contributed by atoms with van der Waals surface area (Å²) >= 11 is 0. The van der Waals surface area contributed by atoms with E-state index in [1.807, 2.05) is 0 Å². The van der Waals surface area contributed by atoms with Gasteiger partial charge in [0.2, 0.25) is 0 Å². The van der Waals surface area contributed by atoms with Crippen LogP contribution in [-0.2, 0) is 19.1 Å². The van der Waals surface area contributed by atoms with Gasteiger partial charge in [0, 0.05) is 6.42 Å². The van der Waals surface area contributed by atoms with Gasteiger partial charge in [-0.1, -0.05) is 97.3 Å². The lowest BCUT2D eigenvalue weighted by molar-refractivity contribution is -0.166. The van der Waals surface area contributed by atoms with Crippen molar-refractivity contribution in [2.24, 2.45) is 0 Å². The van der Waals surface area contributed by atoms with E-state index >= 15 is 0 Å². The summed E-state index contributed by atoms with van der Waals surface area (Å²) in [7, 11) is 1.35. The third-order valence-electron chi connectivity index (χ3n) is 5.04. The normalized spacial score (nSPS) is 12.0. The fourth-order valence-electron chi connectivity index (χ4n) is 3.26. The van der Waals surface area contributed by atoms with Crippen LogP contribution in [0.15, 0.2) is 0 Å². The van der Waals surface area contributed by atoms with Gasteiger partial charge in [-0.15, -0.1) is 0 Å². The molecule has 0 saturated carbocycles. The molecule has 4 nitrogen and oxygen atoms in total. The van der Waals surface area contributed by atoms with Gasteiger partial charge in [-0.05, 0) is 19.3 Å². The Hall–Kier alpha value is -1.06. The third-order valence-corrected chi connectivity index (χ3v) is 5.04. The Balaban J connectivity index is 3.85. The van der Waals surface area contributed by atoms with Gasteiger partial charge in [-0.25, -0.2) is 4.79 Å². The second kappa shape index (κ2) is 19.7. The van der Waals surface area contributed by atoms with Gasteiger partial charge in [0.25, 0.3) is 0 Å². The number of carbonyl (C=O) groups excluding carboxylic acids is 2. The Labute approximate surface area is 167 Å². The summed E-state index contributed by atoms with van der Waals surface area (Å²) in [5.41, 5.74) is 0. The minimum atomic E-state index is -0.729. The van der Waals surface area contributed by atoms with E-state index in [9.17, 15) is 9.59 Å². The Morgan fingerprint density at radius 2 is 1.11 bits per heavy atom. The maximum Gasteiger partial charge on any atom is 0.347 e. The van der Waals surface area contributed by atoms with Crippen LogP contribution in [0, 0.1) is 0 Å². The van der Waals surface area contributed by atoms with Gasteiger partial charge in [0.05, 0.1) is 7.11 Å². The van der Waals surface area contributed by atoms with Gasteiger partial charge in [-0.2, -0.15) is 0 Å². The number of esters is 2. The highest BCUT2D eigenvalue weighted by atomic mass is 16.6. The molecule has 0 rings (SSSR count). The van der Waals surface area contributed by atoms with Gasteiger partial charge < -0.3 is 9.47 Å². The molecule has 0 heterocycles. The fraction of sp³-hybridized carbons (Fsp3) is 0.913. The summed E-state index contributed by atoms with van der Waals surface area (Å²) in [5.74, 6) is -0.690. The molecule has 1 unspecified atom stereocenters. The van der Waals surface area contributed by atoms with Crippen molar-refractivity contribution in [2.45, 2.75) is 129 Å². The maximum absolute atomic E-state index is 12.0. The SMILES string of the molecule is CCCCCCCCCCC(OC(=O)CCCCCCCCC)C(=O)OC. The fourth-order valence-corrected chi connectivity index (χ4v) is 3.26. The number of hydrogen-bond donors (Lipinski definition) is 0. The number of ether oxygens (including phenoxy) is 2. The zero-order chi connectivity index (χ0) is 20.2. The second-order valence-corrected chi connectivity index (χ2v) is 7.64. The lowest BCUT2D eigenvalue weighted by Crippen LogP contribution is -2.28. The highest BCUT2D eigenvalue weighted by Crippen LogP contribution is 2.14. The maximum atomic E-state index is 12.0. The van der Waals surface area contributed by atoms with Crippen molar-refractivity contribution < 1.29 is 19.1 Å². The number of carbonyl (C=O) groups is 2. The Kier molecular flexibility index (Phi) is 18.9. The van der Waals surface area contributed by atoms with Crippen molar-refractivity contribution >= 4 is 11.9 Å². The third kappa shape index (κ3) is 16.8. The van der Waals surface area contributed by atoms with Gasteiger partial charge in [-0.3, -0.25) is 4.79 Å². The smallest absolute Gasteiger partial charge is 0.347 e. The number of unbranched alkanes of at least 4 members (excludes halogenated alkanes) is 13. The molecule has 0 aromatic carbocycles. The summed E-state index contributed by atoms with van der Waals surface area (Å²) in [6.45, 7) is 4.43. The van der Waals surface area contributed by atoms with Crippen molar-refractivity contribution in [3.8, 4) is 0 Å². The molecular formula is C23H44O4. The average molecular weight is 385 g/mol. The van der Waals surface area contributed by atoms with Crippen LogP contribution in [-0.4, -0.2) is 25.2 Å². The van der Waals surface area contributed by atoms with Crippen molar-refractivity contribution in [1.29, 1.82) is 0 Å². The second-order valence-electron chi connectivity index (χ2n) is 7.64. The average Bonchev–Trinajstić information content (AvgIpc) is 2.67. The van der Waals surface area contributed by atoms with Crippen LogP contribution in [0.3, 0.4) is 0 Å². The number of hydrogen-bond acceptors (Lipinski definition) is 4. The van der Waals surface area contributed by atoms with Crippen molar-refractivity contribution in [1.82, 2.24) is 0 Å². The molecule has 0 aliphatic rings. The van der Waals surface area contributed by atoms with E-state index in [1.165, 1.54) is 77.7 Å². The number of methoxy groups -OCH3 is 1. The predicted octanol–water partition coefficient (Wildman–Crippen LogP) is 6.74. The molecule has 0 amide bonds. The van der Waals surface area contributed by atoms with E-state index in [4.69, 9.17) is 9.47 Å². The minimum absolute atomic E-state index is 0.265. The first-order valence-electron chi connectivity index (χ1n) is 11.4. The zero-order valence-corrected chi connectivity index (χ0v) is 18.2. The highest BCUT2D eigenvalue weighted by Gasteiger charge is 2.23.